The Morgan fingerprint density at radius 1 is 1.31 bits per heavy atom. The minimum Gasteiger partial charge on any atom is -0.494 e. The Morgan fingerprint density at radius 2 is 2.00 bits per heavy atom. The Bertz CT molecular complexity index is 350. The number of hydrogen-bond donors (Lipinski definition) is 0. The molecule has 86 valence electrons. The molecule has 0 aliphatic rings. The molecule has 0 heterocycles. The molecule has 0 N–H and O–H groups in total. The third kappa shape index (κ3) is 3.81. The number of rotatable bonds is 6. The van der Waals surface area contributed by atoms with Crippen molar-refractivity contribution < 1.29 is 9.47 Å². The second-order valence-electron chi connectivity index (χ2n) is 3.26. The molecule has 0 aliphatic heterocycles. The van der Waals surface area contributed by atoms with Crippen LogP contribution in [0.1, 0.15) is 19.4 Å². The third-order valence-corrected chi connectivity index (χ3v) is 2.08. The predicted molar refractivity (Wildman–Crippen MR) is 67.4 cm³/mol. The van der Waals surface area contributed by atoms with Gasteiger partial charge in [-0.15, -0.1) is 0 Å². The van der Waals surface area contributed by atoms with Gasteiger partial charge >= 0.3 is 0 Å². The summed E-state index contributed by atoms with van der Waals surface area (Å²) in [6.07, 6.45) is 3.89. The lowest BCUT2D eigenvalue weighted by molar-refractivity contribution is 0.320. The second kappa shape index (κ2) is 6.72. The van der Waals surface area contributed by atoms with Crippen molar-refractivity contribution in [1.82, 2.24) is 0 Å². The lowest BCUT2D eigenvalue weighted by atomic mass is 10.2. The summed E-state index contributed by atoms with van der Waals surface area (Å²) >= 11 is 0. The molecule has 2 nitrogen and oxygen atoms in total. The highest BCUT2D eigenvalue weighted by Crippen LogP contribution is 2.18. The van der Waals surface area contributed by atoms with E-state index in [1.165, 1.54) is 0 Å². The van der Waals surface area contributed by atoms with Crippen molar-refractivity contribution >= 4 is 5.76 Å². The minimum absolute atomic E-state index is 0.558. The summed E-state index contributed by atoms with van der Waals surface area (Å²) in [6.45, 7) is 9.04. The van der Waals surface area contributed by atoms with Crippen LogP contribution in [0.5, 0.6) is 5.75 Å². The number of hydrogen-bond acceptors (Lipinski definition) is 2. The van der Waals surface area contributed by atoms with Crippen LogP contribution in [0.4, 0.5) is 0 Å². The molecule has 0 radical (unpaired) electrons. The first kappa shape index (κ1) is 12.4. The van der Waals surface area contributed by atoms with E-state index in [0.29, 0.717) is 19.0 Å². The van der Waals surface area contributed by atoms with Gasteiger partial charge in [-0.1, -0.05) is 18.7 Å². The molecule has 0 saturated heterocycles. The maximum absolute atomic E-state index is 5.45. The van der Waals surface area contributed by atoms with Crippen molar-refractivity contribution in [3.8, 4) is 5.75 Å². The van der Waals surface area contributed by atoms with Gasteiger partial charge in [0.2, 0.25) is 0 Å². The Labute approximate surface area is 97.2 Å². The molecule has 0 unspecified atom stereocenters. The fraction of sp³-hybridized carbons (Fsp3) is 0.286. The van der Waals surface area contributed by atoms with E-state index in [-0.39, 0.29) is 0 Å². The highest BCUT2D eigenvalue weighted by atomic mass is 16.5. The van der Waals surface area contributed by atoms with Crippen LogP contribution in [-0.4, -0.2) is 13.2 Å². The van der Waals surface area contributed by atoms with Gasteiger partial charge in [-0.05, 0) is 38.1 Å². The molecule has 0 aromatic heterocycles. The standard InChI is InChI=1S/C14H18O2/c1-4-6-11-16-12(3)13-7-9-14(10-8-13)15-5-2/h4,6-10H,3,5,11H2,1-2H3/b6-4+. The molecule has 1 rings (SSSR count). The summed E-state index contributed by atoms with van der Waals surface area (Å²) in [5.74, 6) is 1.55. The van der Waals surface area contributed by atoms with Crippen molar-refractivity contribution in [2.45, 2.75) is 13.8 Å². The second-order valence-corrected chi connectivity index (χ2v) is 3.26. The van der Waals surface area contributed by atoms with Gasteiger partial charge in [0.25, 0.3) is 0 Å². The van der Waals surface area contributed by atoms with Crippen molar-refractivity contribution in [2.75, 3.05) is 13.2 Å². The van der Waals surface area contributed by atoms with Gasteiger partial charge < -0.3 is 9.47 Å². The Hall–Kier alpha value is -1.70. The van der Waals surface area contributed by atoms with E-state index in [2.05, 4.69) is 6.58 Å². The summed E-state index contributed by atoms with van der Waals surface area (Å²) in [6, 6.07) is 7.73. The van der Waals surface area contributed by atoms with Crippen LogP contribution in [0.15, 0.2) is 43.0 Å². The molecule has 0 amide bonds. The molecule has 2 heteroatoms. The number of ether oxygens (including phenoxy) is 2. The number of benzene rings is 1. The fourth-order valence-corrected chi connectivity index (χ4v) is 1.23. The predicted octanol–water partition coefficient (Wildman–Crippen LogP) is 3.65. The molecule has 1 aromatic carbocycles. The van der Waals surface area contributed by atoms with Crippen LogP contribution in [0.3, 0.4) is 0 Å². The lowest BCUT2D eigenvalue weighted by Crippen LogP contribution is -1.93. The van der Waals surface area contributed by atoms with Crippen LogP contribution < -0.4 is 4.74 Å². The average Bonchev–Trinajstić information content (AvgIpc) is 2.30. The van der Waals surface area contributed by atoms with E-state index in [0.717, 1.165) is 11.3 Å². The van der Waals surface area contributed by atoms with Gasteiger partial charge in [0.05, 0.1) is 6.61 Å². The van der Waals surface area contributed by atoms with Crippen molar-refractivity contribution in [3.63, 3.8) is 0 Å². The molecule has 1 aromatic rings. The third-order valence-electron chi connectivity index (χ3n) is 2.08. The maximum Gasteiger partial charge on any atom is 0.119 e. The van der Waals surface area contributed by atoms with E-state index in [4.69, 9.17) is 9.47 Å². The van der Waals surface area contributed by atoms with E-state index in [9.17, 15) is 0 Å². The first-order valence-electron chi connectivity index (χ1n) is 5.44. The molecule has 16 heavy (non-hydrogen) atoms. The summed E-state index contributed by atoms with van der Waals surface area (Å²) in [5.41, 5.74) is 0.980. The molecule has 0 aliphatic carbocycles. The average molecular weight is 218 g/mol. The maximum atomic E-state index is 5.45. The molecule has 0 spiro atoms. The zero-order valence-electron chi connectivity index (χ0n) is 9.90. The van der Waals surface area contributed by atoms with Crippen molar-refractivity contribution in [1.29, 1.82) is 0 Å². The smallest absolute Gasteiger partial charge is 0.119 e. The van der Waals surface area contributed by atoms with Crippen LogP contribution >= 0.6 is 0 Å². The van der Waals surface area contributed by atoms with Crippen molar-refractivity contribution in [3.05, 3.63) is 48.6 Å². The molecule has 0 bridgehead atoms. The highest BCUT2D eigenvalue weighted by Gasteiger charge is 1.99. The Balaban J connectivity index is 2.56. The van der Waals surface area contributed by atoms with E-state index < -0.39 is 0 Å². The van der Waals surface area contributed by atoms with Gasteiger partial charge in [0, 0.05) is 5.56 Å². The summed E-state index contributed by atoms with van der Waals surface area (Å²) in [5, 5.41) is 0. The van der Waals surface area contributed by atoms with E-state index >= 15 is 0 Å². The largest absolute Gasteiger partial charge is 0.494 e. The van der Waals surface area contributed by atoms with E-state index in [1.807, 2.05) is 50.3 Å². The molecule has 0 saturated carbocycles. The zero-order valence-corrected chi connectivity index (χ0v) is 9.90. The molecular weight excluding hydrogens is 200 g/mol. The molecular formula is C14H18O2. The monoisotopic (exact) mass is 218 g/mol. The SMILES string of the molecule is C=C(OC/C=C/C)c1ccc(OCC)cc1. The summed E-state index contributed by atoms with van der Waals surface area (Å²) in [4.78, 5) is 0. The zero-order chi connectivity index (χ0) is 11.8. The van der Waals surface area contributed by atoms with Gasteiger partial charge in [0.1, 0.15) is 18.1 Å². The number of allylic oxidation sites excluding steroid dienone is 1. The van der Waals surface area contributed by atoms with Gasteiger partial charge in [0.15, 0.2) is 0 Å². The summed E-state index contributed by atoms with van der Waals surface area (Å²) < 4.78 is 10.8. The topological polar surface area (TPSA) is 18.5 Å². The summed E-state index contributed by atoms with van der Waals surface area (Å²) in [7, 11) is 0. The Kier molecular flexibility index (Phi) is 5.20. The van der Waals surface area contributed by atoms with Gasteiger partial charge in [-0.3, -0.25) is 0 Å². The minimum atomic E-state index is 0.558. The fourth-order valence-electron chi connectivity index (χ4n) is 1.23. The van der Waals surface area contributed by atoms with Crippen LogP contribution in [-0.2, 0) is 4.74 Å². The molecule has 0 fully saturated rings. The van der Waals surface area contributed by atoms with E-state index in [1.54, 1.807) is 0 Å². The first-order chi connectivity index (χ1) is 7.77. The van der Waals surface area contributed by atoms with Crippen LogP contribution in [0.25, 0.3) is 5.76 Å². The quantitative estimate of drug-likeness (QED) is 0.536. The van der Waals surface area contributed by atoms with Crippen molar-refractivity contribution in [2.24, 2.45) is 0 Å². The first-order valence-corrected chi connectivity index (χ1v) is 5.44. The van der Waals surface area contributed by atoms with Gasteiger partial charge in [-0.2, -0.15) is 0 Å². The van der Waals surface area contributed by atoms with Crippen LogP contribution in [0, 0.1) is 0 Å². The lowest BCUT2D eigenvalue weighted by Gasteiger charge is -2.08. The highest BCUT2D eigenvalue weighted by molar-refractivity contribution is 5.58. The van der Waals surface area contributed by atoms with Gasteiger partial charge in [-0.25, -0.2) is 0 Å². The normalized spacial score (nSPS) is 10.4. The van der Waals surface area contributed by atoms with Crippen LogP contribution in [0.2, 0.25) is 0 Å². The molecule has 0 atom stereocenters. The Morgan fingerprint density at radius 3 is 2.56 bits per heavy atom.